The second-order valence-corrected chi connectivity index (χ2v) is 5.00. The van der Waals surface area contributed by atoms with Crippen LogP contribution in [-0.2, 0) is 0 Å². The number of fused-ring (bicyclic) bond motifs is 1. The smallest absolute Gasteiger partial charge is 0.172 e. The van der Waals surface area contributed by atoms with Crippen molar-refractivity contribution in [3.8, 4) is 0 Å². The Labute approximate surface area is 112 Å². The van der Waals surface area contributed by atoms with Gasteiger partial charge in [-0.3, -0.25) is 0 Å². The van der Waals surface area contributed by atoms with Gasteiger partial charge in [-0.05, 0) is 31.4 Å². The molecule has 5 heteroatoms. The van der Waals surface area contributed by atoms with E-state index in [1.165, 1.54) is 6.42 Å². The van der Waals surface area contributed by atoms with Crippen LogP contribution < -0.4 is 16.4 Å². The standard InChI is InChI=1S/C14H19N5/c15-9-10-5-3-4-8-19(10)14-13(16)17-11-6-1-2-7-12(11)18-14/h1-2,6-7,10H,3-5,8-9,15H2,(H2,16,17). The predicted octanol–water partition coefficient (Wildman–Crippen LogP) is 1.53. The third-order valence-electron chi connectivity index (χ3n) is 3.75. The van der Waals surface area contributed by atoms with Crippen LogP contribution in [0.15, 0.2) is 24.3 Å². The Morgan fingerprint density at radius 1 is 1.16 bits per heavy atom. The van der Waals surface area contributed by atoms with Crippen LogP contribution in [0.3, 0.4) is 0 Å². The van der Waals surface area contributed by atoms with Crippen molar-refractivity contribution in [1.82, 2.24) is 9.97 Å². The summed E-state index contributed by atoms with van der Waals surface area (Å²) < 4.78 is 0. The van der Waals surface area contributed by atoms with Gasteiger partial charge in [-0.1, -0.05) is 12.1 Å². The predicted molar refractivity (Wildman–Crippen MR) is 78.0 cm³/mol. The number of hydrogen-bond donors (Lipinski definition) is 2. The zero-order valence-electron chi connectivity index (χ0n) is 10.9. The average molecular weight is 257 g/mol. The van der Waals surface area contributed by atoms with Crippen molar-refractivity contribution in [3.63, 3.8) is 0 Å². The van der Waals surface area contributed by atoms with Gasteiger partial charge in [0.15, 0.2) is 11.6 Å². The van der Waals surface area contributed by atoms with Gasteiger partial charge in [0.1, 0.15) is 0 Å². The van der Waals surface area contributed by atoms with Crippen molar-refractivity contribution < 1.29 is 0 Å². The van der Waals surface area contributed by atoms with Crippen LogP contribution >= 0.6 is 0 Å². The lowest BCUT2D eigenvalue weighted by atomic mass is 10.0. The zero-order chi connectivity index (χ0) is 13.2. The van der Waals surface area contributed by atoms with Gasteiger partial charge in [0.25, 0.3) is 0 Å². The highest BCUT2D eigenvalue weighted by molar-refractivity contribution is 5.79. The summed E-state index contributed by atoms with van der Waals surface area (Å²) in [4.78, 5) is 11.4. The number of nitrogen functional groups attached to an aromatic ring is 1. The third-order valence-corrected chi connectivity index (χ3v) is 3.75. The van der Waals surface area contributed by atoms with Crippen molar-refractivity contribution in [3.05, 3.63) is 24.3 Å². The molecule has 1 aliphatic heterocycles. The molecule has 0 aliphatic carbocycles. The minimum absolute atomic E-state index is 0.325. The van der Waals surface area contributed by atoms with Crippen LogP contribution in [0.25, 0.3) is 11.0 Å². The van der Waals surface area contributed by atoms with E-state index in [4.69, 9.17) is 11.5 Å². The molecule has 1 fully saturated rings. The molecule has 4 N–H and O–H groups in total. The quantitative estimate of drug-likeness (QED) is 0.852. The van der Waals surface area contributed by atoms with E-state index in [-0.39, 0.29) is 0 Å². The molecule has 1 aliphatic rings. The minimum atomic E-state index is 0.325. The van der Waals surface area contributed by atoms with Gasteiger partial charge in [0.05, 0.1) is 11.0 Å². The molecule has 0 radical (unpaired) electrons. The number of anilines is 2. The molecule has 2 heterocycles. The number of aromatic nitrogens is 2. The van der Waals surface area contributed by atoms with Gasteiger partial charge in [-0.25, -0.2) is 9.97 Å². The lowest BCUT2D eigenvalue weighted by molar-refractivity contribution is 0.462. The number of nitrogens with zero attached hydrogens (tertiary/aromatic N) is 3. The van der Waals surface area contributed by atoms with Crippen molar-refractivity contribution in [2.45, 2.75) is 25.3 Å². The fourth-order valence-corrected chi connectivity index (χ4v) is 2.74. The van der Waals surface area contributed by atoms with Gasteiger partial charge in [0.2, 0.25) is 0 Å². The Bertz CT molecular complexity index is 583. The van der Waals surface area contributed by atoms with E-state index in [1.807, 2.05) is 24.3 Å². The first-order chi connectivity index (χ1) is 9.29. The van der Waals surface area contributed by atoms with Crippen molar-refractivity contribution in [1.29, 1.82) is 0 Å². The molecule has 0 spiro atoms. The fraction of sp³-hybridized carbons (Fsp3) is 0.429. The van der Waals surface area contributed by atoms with Gasteiger partial charge in [0, 0.05) is 19.1 Å². The van der Waals surface area contributed by atoms with E-state index >= 15 is 0 Å². The van der Waals surface area contributed by atoms with E-state index in [2.05, 4.69) is 14.9 Å². The van der Waals surface area contributed by atoms with Crippen LogP contribution in [0.1, 0.15) is 19.3 Å². The normalized spacial score (nSPS) is 19.8. The molecule has 0 saturated carbocycles. The number of piperidine rings is 1. The third kappa shape index (κ3) is 2.21. The van der Waals surface area contributed by atoms with E-state index < -0.39 is 0 Å². The summed E-state index contributed by atoms with van der Waals surface area (Å²) in [7, 11) is 0. The lowest BCUT2D eigenvalue weighted by Gasteiger charge is -2.36. The summed E-state index contributed by atoms with van der Waals surface area (Å²) in [6, 6.07) is 8.13. The fourth-order valence-electron chi connectivity index (χ4n) is 2.74. The van der Waals surface area contributed by atoms with Crippen molar-refractivity contribution >= 4 is 22.7 Å². The summed E-state index contributed by atoms with van der Waals surface area (Å²) in [5, 5.41) is 0. The largest absolute Gasteiger partial charge is 0.381 e. The first kappa shape index (κ1) is 12.2. The molecular formula is C14H19N5. The van der Waals surface area contributed by atoms with Crippen LogP contribution in [0.4, 0.5) is 11.6 Å². The van der Waals surface area contributed by atoms with E-state index in [9.17, 15) is 0 Å². The zero-order valence-corrected chi connectivity index (χ0v) is 10.9. The number of hydrogen-bond acceptors (Lipinski definition) is 5. The Balaban J connectivity index is 2.05. The maximum absolute atomic E-state index is 6.08. The number of rotatable bonds is 2. The second kappa shape index (κ2) is 5.01. The maximum Gasteiger partial charge on any atom is 0.172 e. The molecule has 1 atom stereocenters. The number of nitrogens with two attached hydrogens (primary N) is 2. The van der Waals surface area contributed by atoms with Crippen LogP contribution in [0.5, 0.6) is 0 Å². The van der Waals surface area contributed by atoms with Gasteiger partial charge < -0.3 is 16.4 Å². The molecule has 0 amide bonds. The van der Waals surface area contributed by atoms with Crippen molar-refractivity contribution in [2.75, 3.05) is 23.7 Å². The van der Waals surface area contributed by atoms with Gasteiger partial charge in [-0.2, -0.15) is 0 Å². The topological polar surface area (TPSA) is 81.1 Å². The second-order valence-electron chi connectivity index (χ2n) is 5.00. The summed E-state index contributed by atoms with van der Waals surface area (Å²) in [5.41, 5.74) is 13.7. The molecule has 100 valence electrons. The van der Waals surface area contributed by atoms with Crippen molar-refractivity contribution in [2.24, 2.45) is 5.73 Å². The number of para-hydroxylation sites is 2. The summed E-state index contributed by atoms with van der Waals surface area (Å²) >= 11 is 0. The van der Waals surface area contributed by atoms with E-state index in [0.29, 0.717) is 18.4 Å². The van der Waals surface area contributed by atoms with Crippen LogP contribution in [0, 0.1) is 0 Å². The highest BCUT2D eigenvalue weighted by Crippen LogP contribution is 2.28. The average Bonchev–Trinajstić information content (AvgIpc) is 2.46. The molecular weight excluding hydrogens is 238 g/mol. The molecule has 0 bridgehead atoms. The van der Waals surface area contributed by atoms with E-state index in [1.54, 1.807) is 0 Å². The molecule has 1 unspecified atom stereocenters. The minimum Gasteiger partial charge on any atom is -0.381 e. The Morgan fingerprint density at radius 3 is 2.63 bits per heavy atom. The molecule has 5 nitrogen and oxygen atoms in total. The Kier molecular flexibility index (Phi) is 3.21. The molecule has 2 aromatic rings. The van der Waals surface area contributed by atoms with E-state index in [0.717, 1.165) is 36.2 Å². The SMILES string of the molecule is NCC1CCCCN1c1nc2ccccc2nc1N. The van der Waals surface area contributed by atoms with Gasteiger partial charge in [-0.15, -0.1) is 0 Å². The molecule has 1 aromatic carbocycles. The first-order valence-electron chi connectivity index (χ1n) is 6.78. The summed E-state index contributed by atoms with van der Waals surface area (Å²) in [6.45, 7) is 1.59. The summed E-state index contributed by atoms with van der Waals surface area (Å²) in [6.07, 6.45) is 3.48. The molecule has 1 saturated heterocycles. The Morgan fingerprint density at radius 2 is 1.89 bits per heavy atom. The monoisotopic (exact) mass is 257 g/mol. The first-order valence-corrected chi connectivity index (χ1v) is 6.78. The summed E-state index contributed by atoms with van der Waals surface area (Å²) in [5.74, 6) is 1.29. The molecule has 19 heavy (non-hydrogen) atoms. The molecule has 1 aromatic heterocycles. The Hall–Kier alpha value is -1.88. The highest BCUT2D eigenvalue weighted by atomic mass is 15.2. The lowest BCUT2D eigenvalue weighted by Crippen LogP contribution is -2.45. The number of benzene rings is 1. The van der Waals surface area contributed by atoms with Crippen LogP contribution in [-0.4, -0.2) is 29.1 Å². The molecule has 3 rings (SSSR count). The highest BCUT2D eigenvalue weighted by Gasteiger charge is 2.24. The maximum atomic E-state index is 6.08. The van der Waals surface area contributed by atoms with Crippen LogP contribution in [0.2, 0.25) is 0 Å². The van der Waals surface area contributed by atoms with Gasteiger partial charge >= 0.3 is 0 Å².